The Morgan fingerprint density at radius 3 is 2.59 bits per heavy atom. The van der Waals surface area contributed by atoms with Crippen LogP contribution in [0, 0.1) is 6.92 Å². The highest BCUT2D eigenvalue weighted by Gasteiger charge is 2.30. The second kappa shape index (κ2) is 11.3. The lowest BCUT2D eigenvalue weighted by Crippen LogP contribution is -2.33. The van der Waals surface area contributed by atoms with E-state index in [0.29, 0.717) is 38.2 Å². The maximum absolute atomic E-state index is 13.4. The van der Waals surface area contributed by atoms with Gasteiger partial charge < -0.3 is 24.9 Å². The van der Waals surface area contributed by atoms with E-state index in [1.807, 2.05) is 61.5 Å². The Balaban J connectivity index is 1.62. The predicted octanol–water partition coefficient (Wildman–Crippen LogP) is 3.65. The minimum atomic E-state index is -0.333. The van der Waals surface area contributed by atoms with Gasteiger partial charge in [-0.25, -0.2) is 0 Å². The van der Waals surface area contributed by atoms with Gasteiger partial charge in [-0.3, -0.25) is 14.6 Å². The van der Waals surface area contributed by atoms with Gasteiger partial charge in [-0.2, -0.15) is 0 Å². The SMILES string of the molecule is Cc1cc(C(=O)N2Cc3cccc(N(CCc4ccccn4)C(=O)/C=C/CN(C)C)c3C2)c(O)cc1O. The molecule has 2 N–H and O–H groups in total. The summed E-state index contributed by atoms with van der Waals surface area (Å²) >= 11 is 0. The van der Waals surface area contributed by atoms with Crippen molar-refractivity contribution in [2.24, 2.45) is 0 Å². The van der Waals surface area contributed by atoms with E-state index in [4.69, 9.17) is 0 Å². The number of aromatic hydroxyl groups is 2. The Morgan fingerprint density at radius 2 is 1.86 bits per heavy atom. The van der Waals surface area contributed by atoms with Crippen LogP contribution in [0.5, 0.6) is 11.5 Å². The van der Waals surface area contributed by atoms with Crippen molar-refractivity contribution in [2.45, 2.75) is 26.4 Å². The number of carbonyl (C=O) groups is 2. The number of amides is 2. The van der Waals surface area contributed by atoms with Gasteiger partial charge in [0.2, 0.25) is 0 Å². The minimum absolute atomic E-state index is 0.0644. The highest BCUT2D eigenvalue weighted by atomic mass is 16.3. The highest BCUT2D eigenvalue weighted by molar-refractivity contribution is 6.02. The maximum Gasteiger partial charge on any atom is 0.258 e. The van der Waals surface area contributed by atoms with Crippen molar-refractivity contribution in [3.05, 3.63) is 94.8 Å². The predicted molar refractivity (Wildman–Crippen MR) is 143 cm³/mol. The first-order valence-corrected chi connectivity index (χ1v) is 12.2. The molecule has 0 saturated carbocycles. The molecule has 192 valence electrons. The van der Waals surface area contributed by atoms with E-state index >= 15 is 0 Å². The first kappa shape index (κ1) is 25.9. The molecule has 1 aliphatic heterocycles. The van der Waals surface area contributed by atoms with E-state index in [1.54, 1.807) is 29.0 Å². The molecular formula is C29H32N4O4. The van der Waals surface area contributed by atoms with Crippen molar-refractivity contribution < 1.29 is 19.8 Å². The van der Waals surface area contributed by atoms with Crippen LogP contribution in [-0.4, -0.2) is 64.0 Å². The molecule has 0 unspecified atom stereocenters. The van der Waals surface area contributed by atoms with Crippen LogP contribution < -0.4 is 4.90 Å². The molecule has 0 atom stereocenters. The number of pyridine rings is 1. The topological polar surface area (TPSA) is 97.2 Å². The lowest BCUT2D eigenvalue weighted by atomic mass is 10.1. The summed E-state index contributed by atoms with van der Waals surface area (Å²) in [7, 11) is 3.88. The van der Waals surface area contributed by atoms with Crippen LogP contribution in [0.2, 0.25) is 0 Å². The number of hydrogen-bond acceptors (Lipinski definition) is 6. The van der Waals surface area contributed by atoms with E-state index in [9.17, 15) is 19.8 Å². The van der Waals surface area contributed by atoms with Gasteiger partial charge in [-0.05, 0) is 56.4 Å². The normalized spacial score (nSPS) is 12.8. The third-order valence-electron chi connectivity index (χ3n) is 6.40. The number of benzene rings is 2. The van der Waals surface area contributed by atoms with Gasteiger partial charge in [0.25, 0.3) is 11.8 Å². The van der Waals surface area contributed by atoms with Gasteiger partial charge in [0.1, 0.15) is 11.5 Å². The number of rotatable bonds is 8. The maximum atomic E-state index is 13.4. The molecule has 1 aliphatic rings. The zero-order chi connectivity index (χ0) is 26.5. The molecule has 3 aromatic rings. The molecule has 0 spiro atoms. The standard InChI is InChI=1S/C29H32N4O4/c1-20-16-23(27(35)17-26(20)34)29(37)32-18-21-8-6-10-25(24(21)19-32)33(28(36)11-7-14-31(2)3)15-12-22-9-4-5-13-30-22/h4-11,13,16-17,34-35H,12,14-15,18-19H2,1-3H3/b11-7+. The van der Waals surface area contributed by atoms with Crippen LogP contribution in [0.15, 0.2) is 66.9 Å². The van der Waals surface area contributed by atoms with Crippen LogP contribution in [0.25, 0.3) is 0 Å². The average molecular weight is 501 g/mol. The molecule has 0 aliphatic carbocycles. The Kier molecular flexibility index (Phi) is 7.89. The molecule has 0 fully saturated rings. The Labute approximate surface area is 217 Å². The zero-order valence-electron chi connectivity index (χ0n) is 21.4. The summed E-state index contributed by atoms with van der Waals surface area (Å²) in [5.74, 6) is -0.796. The molecule has 2 heterocycles. The third kappa shape index (κ3) is 5.98. The molecule has 4 rings (SSSR count). The Morgan fingerprint density at radius 1 is 1.05 bits per heavy atom. The van der Waals surface area contributed by atoms with Gasteiger partial charge in [-0.1, -0.05) is 24.3 Å². The van der Waals surface area contributed by atoms with Crippen LogP contribution in [0.3, 0.4) is 0 Å². The number of phenolic OH excluding ortho intramolecular Hbond substituents is 2. The fourth-order valence-electron chi connectivity index (χ4n) is 4.40. The number of likely N-dealkylation sites (N-methyl/N-ethyl adjacent to an activating group) is 1. The summed E-state index contributed by atoms with van der Waals surface area (Å²) in [6, 6.07) is 14.2. The van der Waals surface area contributed by atoms with Crippen molar-refractivity contribution >= 4 is 17.5 Å². The first-order valence-electron chi connectivity index (χ1n) is 12.2. The molecule has 2 aromatic carbocycles. The van der Waals surface area contributed by atoms with Crippen molar-refractivity contribution in [3.8, 4) is 11.5 Å². The van der Waals surface area contributed by atoms with E-state index in [1.165, 1.54) is 12.1 Å². The van der Waals surface area contributed by atoms with Gasteiger partial charge in [0.05, 0.1) is 5.56 Å². The van der Waals surface area contributed by atoms with Gasteiger partial charge in [0, 0.05) is 67.9 Å². The molecule has 1 aromatic heterocycles. The number of phenols is 2. The van der Waals surface area contributed by atoms with Crippen molar-refractivity contribution in [1.29, 1.82) is 0 Å². The highest BCUT2D eigenvalue weighted by Crippen LogP contribution is 2.35. The fraction of sp³-hybridized carbons (Fsp3) is 0.276. The van der Waals surface area contributed by atoms with Gasteiger partial charge in [0.15, 0.2) is 0 Å². The summed E-state index contributed by atoms with van der Waals surface area (Å²) in [4.78, 5) is 36.4. The van der Waals surface area contributed by atoms with Crippen LogP contribution in [0.4, 0.5) is 5.69 Å². The number of anilines is 1. The molecule has 8 heteroatoms. The Bertz CT molecular complexity index is 1320. The monoisotopic (exact) mass is 500 g/mol. The number of fused-ring (bicyclic) bond motifs is 1. The van der Waals surface area contributed by atoms with E-state index in [2.05, 4.69) is 4.98 Å². The summed E-state index contributed by atoms with van der Waals surface area (Å²) < 4.78 is 0. The van der Waals surface area contributed by atoms with Crippen molar-refractivity contribution in [3.63, 3.8) is 0 Å². The number of aryl methyl sites for hydroxylation is 1. The minimum Gasteiger partial charge on any atom is -0.508 e. The summed E-state index contributed by atoms with van der Waals surface area (Å²) in [6.07, 6.45) is 5.75. The molecule has 0 saturated heterocycles. The smallest absolute Gasteiger partial charge is 0.258 e. The second-order valence-electron chi connectivity index (χ2n) is 9.46. The van der Waals surface area contributed by atoms with E-state index in [0.717, 1.165) is 22.5 Å². The quantitative estimate of drug-likeness (QED) is 0.459. The average Bonchev–Trinajstić information content (AvgIpc) is 3.31. The zero-order valence-corrected chi connectivity index (χ0v) is 21.4. The van der Waals surface area contributed by atoms with Crippen LogP contribution in [-0.2, 0) is 24.3 Å². The lowest BCUT2D eigenvalue weighted by molar-refractivity contribution is -0.114. The molecule has 37 heavy (non-hydrogen) atoms. The van der Waals surface area contributed by atoms with Gasteiger partial charge in [-0.15, -0.1) is 0 Å². The molecule has 8 nitrogen and oxygen atoms in total. The molecule has 0 radical (unpaired) electrons. The number of aromatic nitrogens is 1. The van der Waals surface area contributed by atoms with Crippen molar-refractivity contribution in [2.75, 3.05) is 32.1 Å². The Hall–Kier alpha value is -4.17. The van der Waals surface area contributed by atoms with E-state index in [-0.39, 0.29) is 28.9 Å². The number of carbonyl (C=O) groups excluding carboxylic acids is 2. The summed E-state index contributed by atoms with van der Waals surface area (Å²) in [5, 5.41) is 20.2. The third-order valence-corrected chi connectivity index (χ3v) is 6.40. The fourth-order valence-corrected chi connectivity index (χ4v) is 4.40. The second-order valence-corrected chi connectivity index (χ2v) is 9.46. The summed E-state index contributed by atoms with van der Waals surface area (Å²) in [6.45, 7) is 3.42. The van der Waals surface area contributed by atoms with Crippen LogP contribution in [0.1, 0.15) is 32.7 Å². The largest absolute Gasteiger partial charge is 0.508 e. The van der Waals surface area contributed by atoms with Gasteiger partial charge >= 0.3 is 0 Å². The van der Waals surface area contributed by atoms with Crippen molar-refractivity contribution in [1.82, 2.24) is 14.8 Å². The molecular weight excluding hydrogens is 468 g/mol. The number of hydrogen-bond donors (Lipinski definition) is 2. The van der Waals surface area contributed by atoms with Crippen LogP contribution >= 0.6 is 0 Å². The molecule has 0 bridgehead atoms. The number of nitrogens with zero attached hydrogens (tertiary/aromatic N) is 4. The lowest BCUT2D eigenvalue weighted by Gasteiger charge is -2.24. The van der Waals surface area contributed by atoms with E-state index < -0.39 is 0 Å². The summed E-state index contributed by atoms with van der Waals surface area (Å²) in [5.41, 5.74) is 4.15. The first-order chi connectivity index (χ1) is 17.7. The molecule has 2 amide bonds.